The zero-order valence-corrected chi connectivity index (χ0v) is 15.6. The smallest absolute Gasteiger partial charge is 0.142 e. The Balaban J connectivity index is 1.82. The summed E-state index contributed by atoms with van der Waals surface area (Å²) in [6.07, 6.45) is 4.25. The zero-order chi connectivity index (χ0) is 15.9. The van der Waals surface area contributed by atoms with Gasteiger partial charge in [-0.3, -0.25) is 9.80 Å². The second kappa shape index (κ2) is 8.96. The highest BCUT2D eigenvalue weighted by Crippen LogP contribution is 2.19. The van der Waals surface area contributed by atoms with Crippen molar-refractivity contribution in [3.05, 3.63) is 29.3 Å². The molecule has 22 heavy (non-hydrogen) atoms. The van der Waals surface area contributed by atoms with E-state index in [4.69, 9.17) is 15.9 Å². The molecular formula is C17H28N2OS2. The lowest BCUT2D eigenvalue weighted by molar-refractivity contribution is 0.0739. The second-order valence-corrected chi connectivity index (χ2v) is 9.02. The maximum absolute atomic E-state index is 6.04. The Morgan fingerprint density at radius 1 is 1.00 bits per heavy atom. The summed E-state index contributed by atoms with van der Waals surface area (Å²) in [6.45, 7) is 9.42. The molecule has 1 aliphatic rings. The number of aryl methyl sites for hydroxylation is 2. The number of rotatable bonds is 7. The van der Waals surface area contributed by atoms with Gasteiger partial charge in [-0.1, -0.05) is 31.1 Å². The van der Waals surface area contributed by atoms with E-state index in [1.165, 1.54) is 11.1 Å². The van der Waals surface area contributed by atoms with E-state index < -0.39 is 0 Å². The molecule has 1 aliphatic heterocycles. The molecule has 2 rings (SSSR count). The van der Waals surface area contributed by atoms with Crippen LogP contribution < -0.4 is 4.74 Å². The van der Waals surface area contributed by atoms with Crippen LogP contribution in [-0.2, 0) is 33.5 Å². The number of piperazine rings is 1. The Hall–Kier alpha value is -0.490. The number of hydrogen-bond acceptors (Lipinski definition) is 4. The van der Waals surface area contributed by atoms with Crippen LogP contribution in [0.2, 0.25) is 0 Å². The lowest BCUT2D eigenvalue weighted by Gasteiger charge is -2.34. The third-order valence-electron chi connectivity index (χ3n) is 4.09. The van der Waals surface area contributed by atoms with E-state index in [1.807, 2.05) is 0 Å². The first kappa shape index (κ1) is 17.9. The predicted molar refractivity (Wildman–Crippen MR) is 99.4 cm³/mol. The standard InChI is InChI=1S/C17H28N2OS2/c1-4-15-10-16(5-2)12-17(11-15)20-13-18-6-8-19(9-7-18)14-22(3)21/h10-12H,4-9,13-14H2,1-3H3. The van der Waals surface area contributed by atoms with Crippen molar-refractivity contribution in [1.82, 2.24) is 9.80 Å². The fourth-order valence-electron chi connectivity index (χ4n) is 2.69. The Morgan fingerprint density at radius 3 is 2.05 bits per heavy atom. The van der Waals surface area contributed by atoms with Crippen LogP contribution in [0.5, 0.6) is 5.75 Å². The molecule has 3 nitrogen and oxygen atoms in total. The summed E-state index contributed by atoms with van der Waals surface area (Å²) in [6, 6.07) is 6.63. The molecule has 1 heterocycles. The van der Waals surface area contributed by atoms with Crippen molar-refractivity contribution >= 4 is 20.6 Å². The van der Waals surface area contributed by atoms with E-state index in [0.29, 0.717) is 6.73 Å². The molecule has 1 atom stereocenters. The average molecular weight is 341 g/mol. The highest BCUT2D eigenvalue weighted by atomic mass is 32.8. The minimum Gasteiger partial charge on any atom is -0.478 e. The van der Waals surface area contributed by atoms with Gasteiger partial charge in [0.25, 0.3) is 0 Å². The summed E-state index contributed by atoms with van der Waals surface area (Å²) in [5.41, 5.74) is 2.72. The van der Waals surface area contributed by atoms with Gasteiger partial charge in [0.1, 0.15) is 12.5 Å². The van der Waals surface area contributed by atoms with Gasteiger partial charge in [0, 0.05) is 32.1 Å². The number of benzene rings is 1. The van der Waals surface area contributed by atoms with Crippen molar-refractivity contribution in [1.29, 1.82) is 0 Å². The molecule has 1 saturated heterocycles. The van der Waals surface area contributed by atoms with Gasteiger partial charge in [0.15, 0.2) is 0 Å². The van der Waals surface area contributed by atoms with Crippen LogP contribution in [0.4, 0.5) is 0 Å². The van der Waals surface area contributed by atoms with E-state index in [2.05, 4.69) is 48.1 Å². The Bertz CT molecular complexity index is 477. The summed E-state index contributed by atoms with van der Waals surface area (Å²) >= 11 is 5.30. The molecule has 1 fully saturated rings. The molecule has 0 bridgehead atoms. The molecule has 0 aliphatic carbocycles. The molecule has 5 heteroatoms. The summed E-state index contributed by atoms with van der Waals surface area (Å²) in [7, 11) is 0.0941. The van der Waals surface area contributed by atoms with Crippen molar-refractivity contribution in [2.45, 2.75) is 26.7 Å². The average Bonchev–Trinajstić information content (AvgIpc) is 2.53. The maximum Gasteiger partial charge on any atom is 0.142 e. The van der Waals surface area contributed by atoms with Gasteiger partial charge in [-0.15, -0.1) is 9.45 Å². The van der Waals surface area contributed by atoms with Gasteiger partial charge in [0.2, 0.25) is 0 Å². The lowest BCUT2D eigenvalue weighted by Crippen LogP contribution is -2.48. The van der Waals surface area contributed by atoms with Crippen molar-refractivity contribution in [3.63, 3.8) is 0 Å². The minimum atomic E-state index is 0.0941. The Kier molecular flexibility index (Phi) is 7.28. The third kappa shape index (κ3) is 5.61. The van der Waals surface area contributed by atoms with Crippen LogP contribution in [-0.4, -0.2) is 54.8 Å². The molecule has 0 radical (unpaired) electrons. The van der Waals surface area contributed by atoms with Gasteiger partial charge in [-0.2, -0.15) is 0 Å². The van der Waals surface area contributed by atoms with E-state index in [9.17, 15) is 0 Å². The first-order valence-electron chi connectivity index (χ1n) is 8.11. The molecule has 1 unspecified atom stereocenters. The molecule has 0 aromatic heterocycles. The topological polar surface area (TPSA) is 15.7 Å². The molecule has 0 amide bonds. The first-order valence-corrected chi connectivity index (χ1v) is 10.8. The molecule has 1 aromatic carbocycles. The fourth-order valence-corrected chi connectivity index (χ4v) is 3.91. The second-order valence-electron chi connectivity index (χ2n) is 5.90. The van der Waals surface area contributed by atoms with Gasteiger partial charge in [-0.05, 0) is 42.4 Å². The summed E-state index contributed by atoms with van der Waals surface area (Å²) in [5.74, 6) is 2.07. The quantitative estimate of drug-likeness (QED) is 0.757. The number of ether oxygens (including phenoxy) is 1. The normalized spacial score (nSPS) is 18.3. The molecule has 124 valence electrons. The van der Waals surface area contributed by atoms with Crippen LogP contribution in [0.3, 0.4) is 0 Å². The molecule has 0 saturated carbocycles. The minimum absolute atomic E-state index is 0.0941. The van der Waals surface area contributed by atoms with Crippen molar-refractivity contribution in [3.8, 4) is 5.75 Å². The molecule has 0 spiro atoms. The monoisotopic (exact) mass is 340 g/mol. The fraction of sp³-hybridized carbons (Fsp3) is 0.647. The maximum atomic E-state index is 6.04. The van der Waals surface area contributed by atoms with Gasteiger partial charge in [-0.25, -0.2) is 0 Å². The van der Waals surface area contributed by atoms with Gasteiger partial charge >= 0.3 is 0 Å². The molecule has 0 N–H and O–H groups in total. The predicted octanol–water partition coefficient (Wildman–Crippen LogP) is 2.43. The van der Waals surface area contributed by atoms with Crippen molar-refractivity contribution < 1.29 is 4.74 Å². The van der Waals surface area contributed by atoms with Crippen LogP contribution in [0, 0.1) is 0 Å². The summed E-state index contributed by atoms with van der Waals surface area (Å²) < 4.78 is 6.04. The summed E-state index contributed by atoms with van der Waals surface area (Å²) in [5, 5.41) is 0. The highest BCUT2D eigenvalue weighted by molar-refractivity contribution is 8.28. The number of nitrogens with zero attached hydrogens (tertiary/aromatic N) is 2. The van der Waals surface area contributed by atoms with Crippen LogP contribution >= 0.6 is 0 Å². The van der Waals surface area contributed by atoms with Crippen LogP contribution in [0.1, 0.15) is 25.0 Å². The molecule has 1 aromatic rings. The van der Waals surface area contributed by atoms with Gasteiger partial charge < -0.3 is 4.74 Å². The van der Waals surface area contributed by atoms with Crippen LogP contribution in [0.15, 0.2) is 18.2 Å². The van der Waals surface area contributed by atoms with Gasteiger partial charge in [0.05, 0.1) is 0 Å². The molecular weight excluding hydrogens is 312 g/mol. The Morgan fingerprint density at radius 2 is 1.55 bits per heavy atom. The SMILES string of the molecule is CCc1cc(CC)cc(OCN2CCN(CS(C)=S)CC2)c1. The largest absolute Gasteiger partial charge is 0.478 e. The van der Waals surface area contributed by atoms with Crippen molar-refractivity contribution in [2.75, 3.05) is 45.0 Å². The zero-order valence-electron chi connectivity index (χ0n) is 14.0. The van der Waals surface area contributed by atoms with E-state index in [-0.39, 0.29) is 9.45 Å². The first-order chi connectivity index (χ1) is 10.6. The third-order valence-corrected chi connectivity index (χ3v) is 5.13. The van der Waals surface area contributed by atoms with E-state index in [1.54, 1.807) is 0 Å². The highest BCUT2D eigenvalue weighted by Gasteiger charge is 2.17. The number of hydrogen-bond donors (Lipinski definition) is 0. The summed E-state index contributed by atoms with van der Waals surface area (Å²) in [4.78, 5) is 4.86. The lowest BCUT2D eigenvalue weighted by atomic mass is 10.1. The van der Waals surface area contributed by atoms with Crippen LogP contribution in [0.25, 0.3) is 0 Å². The van der Waals surface area contributed by atoms with E-state index >= 15 is 0 Å². The Labute approximate surface area is 142 Å². The van der Waals surface area contributed by atoms with E-state index in [0.717, 1.165) is 50.6 Å². The van der Waals surface area contributed by atoms with Crippen molar-refractivity contribution in [2.24, 2.45) is 0 Å².